The molecule has 0 heterocycles. The van der Waals surface area contributed by atoms with Crippen molar-refractivity contribution in [3.8, 4) is 33.8 Å². The van der Waals surface area contributed by atoms with Crippen LogP contribution in [0.5, 0.6) is 11.5 Å². The Morgan fingerprint density at radius 1 is 0.778 bits per heavy atom. The van der Waals surface area contributed by atoms with Crippen molar-refractivity contribution in [3.05, 3.63) is 71.8 Å². The summed E-state index contributed by atoms with van der Waals surface area (Å²) < 4.78 is 41.7. The van der Waals surface area contributed by atoms with Gasteiger partial charge in [0.1, 0.15) is 11.5 Å². The standard InChI is InChI=1S/C20H14F3NO3/c21-20(22,23)18-16(19(24)27)10-9-15(11-1-5-13(25)6-2-11)17(18)12-3-7-14(26)8-4-12/h1-10,25-26H,(H2,24,27). The van der Waals surface area contributed by atoms with Crippen molar-refractivity contribution in [2.45, 2.75) is 6.18 Å². The van der Waals surface area contributed by atoms with Gasteiger partial charge < -0.3 is 15.9 Å². The molecule has 4 nitrogen and oxygen atoms in total. The SMILES string of the molecule is NC(=O)c1ccc(-c2ccc(O)cc2)c(-c2ccc(O)cc2)c1C(F)(F)F. The molecule has 0 saturated heterocycles. The van der Waals surface area contributed by atoms with Crippen LogP contribution in [-0.4, -0.2) is 16.1 Å². The lowest BCUT2D eigenvalue weighted by molar-refractivity contribution is -0.137. The van der Waals surface area contributed by atoms with Gasteiger partial charge in [0.2, 0.25) is 5.91 Å². The van der Waals surface area contributed by atoms with Gasteiger partial charge in [-0.15, -0.1) is 0 Å². The number of alkyl halides is 3. The molecule has 0 radical (unpaired) electrons. The fraction of sp³-hybridized carbons (Fsp3) is 0.0500. The van der Waals surface area contributed by atoms with Crippen LogP contribution in [0.25, 0.3) is 22.3 Å². The number of phenolic OH excluding ortho intramolecular Hbond substituents is 2. The summed E-state index contributed by atoms with van der Waals surface area (Å²) in [4.78, 5) is 11.6. The molecule has 0 aromatic heterocycles. The highest BCUT2D eigenvalue weighted by molar-refractivity contribution is 6.00. The van der Waals surface area contributed by atoms with E-state index in [1.807, 2.05) is 0 Å². The van der Waals surface area contributed by atoms with E-state index < -0.39 is 23.2 Å². The maximum atomic E-state index is 13.9. The van der Waals surface area contributed by atoms with Gasteiger partial charge in [0.05, 0.1) is 11.1 Å². The number of primary amides is 1. The summed E-state index contributed by atoms with van der Waals surface area (Å²) in [6.45, 7) is 0. The molecule has 3 aromatic rings. The summed E-state index contributed by atoms with van der Waals surface area (Å²) in [6, 6.07) is 13.2. The third kappa shape index (κ3) is 3.57. The smallest absolute Gasteiger partial charge is 0.417 e. The lowest BCUT2D eigenvalue weighted by Crippen LogP contribution is -2.20. The van der Waals surface area contributed by atoms with Gasteiger partial charge in [-0.3, -0.25) is 4.79 Å². The van der Waals surface area contributed by atoms with Crippen LogP contribution in [0.1, 0.15) is 15.9 Å². The third-order valence-corrected chi connectivity index (χ3v) is 4.09. The molecule has 0 aliphatic rings. The minimum Gasteiger partial charge on any atom is -0.508 e. The van der Waals surface area contributed by atoms with Crippen LogP contribution < -0.4 is 5.73 Å². The second-order valence-electron chi connectivity index (χ2n) is 5.87. The number of rotatable bonds is 3. The van der Waals surface area contributed by atoms with E-state index in [-0.39, 0.29) is 28.2 Å². The van der Waals surface area contributed by atoms with E-state index in [1.54, 1.807) is 0 Å². The second-order valence-corrected chi connectivity index (χ2v) is 5.87. The average Bonchev–Trinajstić information content (AvgIpc) is 2.61. The summed E-state index contributed by atoms with van der Waals surface area (Å²) in [6.07, 6.45) is -4.84. The molecule has 138 valence electrons. The van der Waals surface area contributed by atoms with Crippen LogP contribution in [0.3, 0.4) is 0 Å². The number of phenols is 2. The first kappa shape index (κ1) is 18.3. The highest BCUT2D eigenvalue weighted by atomic mass is 19.4. The molecule has 1 amide bonds. The Labute approximate surface area is 152 Å². The normalized spacial score (nSPS) is 11.4. The molecule has 0 atom stereocenters. The molecular formula is C20H14F3NO3. The number of carbonyl (C=O) groups is 1. The van der Waals surface area contributed by atoms with Gasteiger partial charge in [0.25, 0.3) is 0 Å². The van der Waals surface area contributed by atoms with Crippen LogP contribution in [0.2, 0.25) is 0 Å². The van der Waals surface area contributed by atoms with E-state index in [9.17, 15) is 28.2 Å². The minimum absolute atomic E-state index is 0.0327. The van der Waals surface area contributed by atoms with Crippen LogP contribution in [0.15, 0.2) is 60.7 Å². The molecule has 0 spiro atoms. The number of halogens is 3. The highest BCUT2D eigenvalue weighted by Crippen LogP contribution is 2.44. The van der Waals surface area contributed by atoms with E-state index in [4.69, 9.17) is 5.73 Å². The zero-order valence-corrected chi connectivity index (χ0v) is 13.8. The number of aromatic hydroxyl groups is 2. The molecule has 0 aliphatic carbocycles. The first-order valence-electron chi connectivity index (χ1n) is 7.81. The van der Waals surface area contributed by atoms with Gasteiger partial charge in [0, 0.05) is 5.56 Å². The van der Waals surface area contributed by atoms with Crippen molar-refractivity contribution < 1.29 is 28.2 Å². The number of hydrogen-bond donors (Lipinski definition) is 3. The largest absolute Gasteiger partial charge is 0.508 e. The van der Waals surface area contributed by atoms with E-state index in [2.05, 4.69) is 0 Å². The Morgan fingerprint density at radius 3 is 1.70 bits per heavy atom. The summed E-state index contributed by atoms with van der Waals surface area (Å²) in [7, 11) is 0. The van der Waals surface area contributed by atoms with Gasteiger partial charge in [-0.1, -0.05) is 30.3 Å². The Kier molecular flexibility index (Phi) is 4.53. The van der Waals surface area contributed by atoms with Crippen LogP contribution in [0, 0.1) is 0 Å². The van der Waals surface area contributed by atoms with E-state index in [1.165, 1.54) is 54.6 Å². The Bertz CT molecular complexity index is 995. The highest BCUT2D eigenvalue weighted by Gasteiger charge is 2.39. The zero-order valence-electron chi connectivity index (χ0n) is 13.8. The topological polar surface area (TPSA) is 83.6 Å². The Morgan fingerprint density at radius 2 is 1.26 bits per heavy atom. The van der Waals surface area contributed by atoms with Crippen LogP contribution in [0.4, 0.5) is 13.2 Å². The van der Waals surface area contributed by atoms with Crippen molar-refractivity contribution in [1.29, 1.82) is 0 Å². The van der Waals surface area contributed by atoms with Crippen LogP contribution in [-0.2, 0) is 6.18 Å². The van der Waals surface area contributed by atoms with Crippen molar-refractivity contribution in [1.82, 2.24) is 0 Å². The summed E-state index contributed by atoms with van der Waals surface area (Å²) in [5, 5.41) is 18.9. The lowest BCUT2D eigenvalue weighted by atomic mass is 9.87. The molecule has 0 fully saturated rings. The quantitative estimate of drug-likeness (QED) is 0.630. The van der Waals surface area contributed by atoms with Gasteiger partial charge in [0.15, 0.2) is 0 Å². The maximum absolute atomic E-state index is 13.9. The molecular weight excluding hydrogens is 359 g/mol. The maximum Gasteiger partial charge on any atom is 0.417 e. The first-order valence-corrected chi connectivity index (χ1v) is 7.81. The fourth-order valence-electron chi connectivity index (χ4n) is 2.91. The van der Waals surface area contributed by atoms with E-state index in [0.29, 0.717) is 5.56 Å². The average molecular weight is 373 g/mol. The number of hydrogen-bond acceptors (Lipinski definition) is 3. The molecule has 0 saturated carbocycles. The zero-order chi connectivity index (χ0) is 19.8. The minimum atomic E-state index is -4.84. The molecule has 27 heavy (non-hydrogen) atoms. The van der Waals surface area contributed by atoms with Gasteiger partial charge >= 0.3 is 6.18 Å². The molecule has 4 N–H and O–H groups in total. The third-order valence-electron chi connectivity index (χ3n) is 4.09. The predicted octanol–water partition coefficient (Wildman–Crippen LogP) is 4.55. The van der Waals surface area contributed by atoms with E-state index in [0.717, 1.165) is 6.07 Å². The van der Waals surface area contributed by atoms with Crippen molar-refractivity contribution in [2.24, 2.45) is 5.73 Å². The second kappa shape index (κ2) is 6.68. The van der Waals surface area contributed by atoms with Gasteiger partial charge in [-0.25, -0.2) is 0 Å². The van der Waals surface area contributed by atoms with Gasteiger partial charge in [-0.05, 0) is 47.0 Å². The monoisotopic (exact) mass is 373 g/mol. The molecule has 3 aromatic carbocycles. The predicted molar refractivity (Wildman–Crippen MR) is 94.2 cm³/mol. The molecule has 0 aliphatic heterocycles. The summed E-state index contributed by atoms with van der Waals surface area (Å²) in [5.74, 6) is -1.33. The summed E-state index contributed by atoms with van der Waals surface area (Å²) in [5.41, 5.74) is 3.93. The molecule has 0 bridgehead atoms. The number of carbonyl (C=O) groups excluding carboxylic acids is 1. The number of benzene rings is 3. The van der Waals surface area contributed by atoms with Crippen molar-refractivity contribution in [2.75, 3.05) is 0 Å². The van der Waals surface area contributed by atoms with E-state index >= 15 is 0 Å². The van der Waals surface area contributed by atoms with Crippen LogP contribution >= 0.6 is 0 Å². The summed E-state index contributed by atoms with van der Waals surface area (Å²) >= 11 is 0. The lowest BCUT2D eigenvalue weighted by Gasteiger charge is -2.20. The molecule has 0 unspecified atom stereocenters. The van der Waals surface area contributed by atoms with Crippen molar-refractivity contribution >= 4 is 5.91 Å². The Balaban J connectivity index is 2.42. The first-order chi connectivity index (χ1) is 12.7. The number of amides is 1. The van der Waals surface area contributed by atoms with Gasteiger partial charge in [-0.2, -0.15) is 13.2 Å². The number of nitrogens with two attached hydrogens (primary N) is 1. The van der Waals surface area contributed by atoms with Crippen molar-refractivity contribution in [3.63, 3.8) is 0 Å². The molecule has 7 heteroatoms. The Hall–Kier alpha value is -3.48. The molecule has 3 rings (SSSR count). The fourth-order valence-corrected chi connectivity index (χ4v) is 2.91.